The minimum Gasteiger partial charge on any atom is -0.497 e. The number of benzene rings is 2. The van der Waals surface area contributed by atoms with Crippen LogP contribution in [0.4, 0.5) is 0 Å². The fourth-order valence-corrected chi connectivity index (χ4v) is 3.58. The lowest BCUT2D eigenvalue weighted by molar-refractivity contribution is -0.131. The Bertz CT molecular complexity index is 934. The molecule has 0 aliphatic carbocycles. The van der Waals surface area contributed by atoms with Crippen LogP contribution in [0.5, 0.6) is 5.75 Å². The molecule has 0 spiro atoms. The Morgan fingerprint density at radius 3 is 2.55 bits per heavy atom. The molecule has 0 saturated carbocycles. The summed E-state index contributed by atoms with van der Waals surface area (Å²) >= 11 is 6.12. The lowest BCUT2D eigenvalue weighted by Crippen LogP contribution is -2.33. The molecule has 3 rings (SSSR count). The first kappa shape index (κ1) is 21.0. The summed E-state index contributed by atoms with van der Waals surface area (Å²) < 4.78 is 7.37. The van der Waals surface area contributed by atoms with Gasteiger partial charge in [-0.15, -0.1) is 0 Å². The van der Waals surface area contributed by atoms with Crippen molar-refractivity contribution in [3.63, 3.8) is 0 Å². The zero-order chi connectivity index (χ0) is 20.6. The smallest absolute Gasteiger partial charge is 0.227 e. The Morgan fingerprint density at radius 2 is 1.86 bits per heavy atom. The molecule has 0 unspecified atom stereocenters. The summed E-state index contributed by atoms with van der Waals surface area (Å²) in [7, 11) is 1.64. The second-order valence-corrected chi connectivity index (χ2v) is 7.53. The highest BCUT2D eigenvalue weighted by molar-refractivity contribution is 6.30. The van der Waals surface area contributed by atoms with E-state index in [1.54, 1.807) is 7.11 Å². The predicted molar refractivity (Wildman–Crippen MR) is 117 cm³/mol. The van der Waals surface area contributed by atoms with E-state index in [1.807, 2.05) is 59.6 Å². The molecule has 0 fully saturated rings. The van der Waals surface area contributed by atoms with Crippen LogP contribution >= 0.6 is 11.6 Å². The average Bonchev–Trinajstić information content (AvgIpc) is 3.15. The number of aromatic nitrogens is 1. The van der Waals surface area contributed by atoms with Gasteiger partial charge in [0, 0.05) is 30.0 Å². The Balaban J connectivity index is 1.70. The molecule has 3 aromatic rings. The zero-order valence-corrected chi connectivity index (χ0v) is 17.7. The van der Waals surface area contributed by atoms with Gasteiger partial charge in [-0.1, -0.05) is 42.8 Å². The highest BCUT2D eigenvalue weighted by Crippen LogP contribution is 2.16. The summed E-state index contributed by atoms with van der Waals surface area (Å²) in [5.41, 5.74) is 3.24. The van der Waals surface area contributed by atoms with E-state index in [0.717, 1.165) is 47.1 Å². The van der Waals surface area contributed by atoms with E-state index in [1.165, 1.54) is 0 Å². The lowest BCUT2D eigenvalue weighted by atomic mass is 10.1. The number of hydrogen-bond donors (Lipinski definition) is 0. The van der Waals surface area contributed by atoms with E-state index in [0.29, 0.717) is 13.0 Å². The van der Waals surface area contributed by atoms with Gasteiger partial charge in [0.15, 0.2) is 0 Å². The van der Waals surface area contributed by atoms with E-state index in [-0.39, 0.29) is 5.91 Å². The largest absolute Gasteiger partial charge is 0.497 e. The second kappa shape index (κ2) is 10.2. The van der Waals surface area contributed by atoms with Crippen LogP contribution in [0, 0.1) is 0 Å². The van der Waals surface area contributed by atoms with Crippen molar-refractivity contribution in [1.29, 1.82) is 0 Å². The van der Waals surface area contributed by atoms with Gasteiger partial charge in [0.1, 0.15) is 5.75 Å². The average molecular weight is 411 g/mol. The summed E-state index contributed by atoms with van der Waals surface area (Å²) in [6.45, 7) is 4.15. The van der Waals surface area contributed by atoms with Gasteiger partial charge >= 0.3 is 0 Å². The van der Waals surface area contributed by atoms with Crippen LogP contribution in [0.2, 0.25) is 5.02 Å². The lowest BCUT2D eigenvalue weighted by Gasteiger charge is -2.23. The van der Waals surface area contributed by atoms with Crippen molar-refractivity contribution < 1.29 is 9.53 Å². The molecule has 4 nitrogen and oxygen atoms in total. The van der Waals surface area contributed by atoms with Crippen molar-refractivity contribution in [2.24, 2.45) is 0 Å². The Morgan fingerprint density at radius 1 is 1.07 bits per heavy atom. The third-order valence-electron chi connectivity index (χ3n) is 4.88. The van der Waals surface area contributed by atoms with Crippen molar-refractivity contribution in [2.75, 3.05) is 13.7 Å². The van der Waals surface area contributed by atoms with E-state index in [9.17, 15) is 4.79 Å². The number of carbonyl (C=O) groups is 1. The van der Waals surface area contributed by atoms with Crippen molar-refractivity contribution in [2.45, 2.75) is 32.9 Å². The first-order valence-corrected chi connectivity index (χ1v) is 10.3. The second-order valence-electron chi connectivity index (χ2n) is 7.10. The number of nitrogens with zero attached hydrogens (tertiary/aromatic N) is 2. The third kappa shape index (κ3) is 5.88. The van der Waals surface area contributed by atoms with E-state index in [4.69, 9.17) is 16.3 Å². The number of rotatable bonds is 9. The van der Waals surface area contributed by atoms with Gasteiger partial charge in [-0.05, 0) is 53.9 Å². The molecule has 1 aromatic heterocycles. The van der Waals surface area contributed by atoms with Gasteiger partial charge in [-0.3, -0.25) is 4.79 Å². The summed E-state index contributed by atoms with van der Waals surface area (Å²) in [4.78, 5) is 14.9. The Hall–Kier alpha value is -2.72. The molecule has 29 heavy (non-hydrogen) atoms. The molecule has 5 heteroatoms. The van der Waals surface area contributed by atoms with E-state index < -0.39 is 0 Å². The van der Waals surface area contributed by atoms with Crippen LogP contribution in [0.1, 0.15) is 30.2 Å². The molecular weight excluding hydrogens is 384 g/mol. The van der Waals surface area contributed by atoms with Gasteiger partial charge in [0.05, 0.1) is 20.1 Å². The van der Waals surface area contributed by atoms with Gasteiger partial charge in [0.25, 0.3) is 0 Å². The SMILES string of the molecule is CCCN(Cc1cccn1Cc1cccc(Cl)c1)C(=O)Cc1ccc(OC)cc1. The first-order chi connectivity index (χ1) is 14.1. The van der Waals surface area contributed by atoms with E-state index >= 15 is 0 Å². The maximum atomic E-state index is 13.0. The fraction of sp³-hybridized carbons (Fsp3) is 0.292. The highest BCUT2D eigenvalue weighted by Gasteiger charge is 2.16. The molecule has 0 N–H and O–H groups in total. The summed E-state index contributed by atoms with van der Waals surface area (Å²) in [5, 5.41) is 0.735. The molecule has 2 aromatic carbocycles. The summed E-state index contributed by atoms with van der Waals surface area (Å²) in [5.74, 6) is 0.929. The number of halogens is 1. The summed E-state index contributed by atoms with van der Waals surface area (Å²) in [6.07, 6.45) is 3.36. The molecule has 0 bridgehead atoms. The number of hydrogen-bond acceptors (Lipinski definition) is 2. The molecule has 1 heterocycles. The zero-order valence-electron chi connectivity index (χ0n) is 17.0. The quantitative estimate of drug-likeness (QED) is 0.487. The van der Waals surface area contributed by atoms with Crippen LogP contribution in [0.3, 0.4) is 0 Å². The number of methoxy groups -OCH3 is 1. The summed E-state index contributed by atoms with van der Waals surface area (Å²) in [6, 6.07) is 19.7. The minimum absolute atomic E-state index is 0.132. The van der Waals surface area contributed by atoms with Crippen LogP contribution < -0.4 is 4.74 Å². The highest BCUT2D eigenvalue weighted by atomic mass is 35.5. The maximum Gasteiger partial charge on any atom is 0.227 e. The van der Waals surface area contributed by atoms with Crippen LogP contribution in [0.15, 0.2) is 66.9 Å². The molecule has 0 saturated heterocycles. The van der Waals surface area contributed by atoms with Crippen molar-refractivity contribution in [3.8, 4) is 5.75 Å². The molecule has 1 amide bonds. The van der Waals surface area contributed by atoms with Gasteiger partial charge in [0.2, 0.25) is 5.91 Å². The van der Waals surface area contributed by atoms with E-state index in [2.05, 4.69) is 23.6 Å². The third-order valence-corrected chi connectivity index (χ3v) is 5.11. The monoisotopic (exact) mass is 410 g/mol. The standard InChI is InChI=1S/C24H27ClN2O2/c1-3-13-27(24(28)16-19-9-11-23(29-2)12-10-19)18-22-8-5-14-26(22)17-20-6-4-7-21(25)15-20/h4-12,14-15H,3,13,16-18H2,1-2H3. The Kier molecular flexibility index (Phi) is 7.36. The van der Waals surface area contributed by atoms with Crippen LogP contribution in [-0.4, -0.2) is 29.0 Å². The van der Waals surface area contributed by atoms with Crippen LogP contribution in [-0.2, 0) is 24.3 Å². The van der Waals surface area contributed by atoms with Gasteiger partial charge in [-0.25, -0.2) is 0 Å². The Labute approximate surface area is 177 Å². The molecular formula is C24H27ClN2O2. The fourth-order valence-electron chi connectivity index (χ4n) is 3.37. The van der Waals surface area contributed by atoms with Crippen molar-refractivity contribution in [1.82, 2.24) is 9.47 Å². The molecule has 0 atom stereocenters. The van der Waals surface area contributed by atoms with Crippen LogP contribution in [0.25, 0.3) is 0 Å². The molecule has 0 aliphatic heterocycles. The van der Waals surface area contributed by atoms with Gasteiger partial charge in [-0.2, -0.15) is 0 Å². The number of carbonyl (C=O) groups excluding carboxylic acids is 1. The molecule has 0 aliphatic rings. The first-order valence-electron chi connectivity index (χ1n) is 9.88. The number of amides is 1. The topological polar surface area (TPSA) is 34.5 Å². The van der Waals surface area contributed by atoms with Crippen molar-refractivity contribution in [3.05, 3.63) is 88.7 Å². The molecule has 0 radical (unpaired) electrons. The van der Waals surface area contributed by atoms with Gasteiger partial charge < -0.3 is 14.2 Å². The van der Waals surface area contributed by atoms with Crippen molar-refractivity contribution >= 4 is 17.5 Å². The number of ether oxygens (including phenoxy) is 1. The molecule has 152 valence electrons. The maximum absolute atomic E-state index is 13.0. The predicted octanol–water partition coefficient (Wildman–Crippen LogP) is 5.18. The normalized spacial score (nSPS) is 10.7. The minimum atomic E-state index is 0.132.